The molecule has 0 atom stereocenters. The molecule has 0 saturated carbocycles. The van der Waals surface area contributed by atoms with E-state index in [2.05, 4.69) is 57.6 Å². The Morgan fingerprint density at radius 1 is 1.24 bits per heavy atom. The number of pyridine rings is 1. The molecule has 0 aliphatic rings. The fraction of sp³-hybridized carbons (Fsp3) is 0.333. The van der Waals surface area contributed by atoms with Crippen molar-refractivity contribution in [3.05, 3.63) is 46.9 Å². The zero-order valence-electron chi connectivity index (χ0n) is 14.9. The Morgan fingerprint density at radius 3 is 2.84 bits per heavy atom. The molecule has 0 spiro atoms. The van der Waals surface area contributed by atoms with E-state index in [9.17, 15) is 0 Å². The van der Waals surface area contributed by atoms with Gasteiger partial charge in [0.2, 0.25) is 0 Å². The number of hydrazone groups is 1. The quantitative estimate of drug-likeness (QED) is 0.541. The number of fused-ring (bicyclic) bond motifs is 1. The summed E-state index contributed by atoms with van der Waals surface area (Å²) in [5.41, 5.74) is 4.88. The Labute approximate surface area is 151 Å². The number of anilines is 1. The number of nitrogens with one attached hydrogen (secondary N) is 2. The van der Waals surface area contributed by atoms with Crippen molar-refractivity contribution in [3.8, 4) is 0 Å². The third-order valence-corrected chi connectivity index (χ3v) is 5.09. The Kier molecular flexibility index (Phi) is 5.06. The first-order valence-electron chi connectivity index (χ1n) is 8.12. The third-order valence-electron chi connectivity index (χ3n) is 3.62. The zero-order valence-corrected chi connectivity index (χ0v) is 15.7. The van der Waals surface area contributed by atoms with Crippen molar-refractivity contribution < 1.29 is 0 Å². The van der Waals surface area contributed by atoms with Gasteiger partial charge in [0.25, 0.3) is 0 Å². The van der Waals surface area contributed by atoms with E-state index in [-0.39, 0.29) is 5.41 Å². The molecule has 3 aromatic rings. The highest BCUT2D eigenvalue weighted by molar-refractivity contribution is 7.18. The minimum atomic E-state index is 0.0869. The van der Waals surface area contributed by atoms with E-state index in [1.807, 2.05) is 25.2 Å². The van der Waals surface area contributed by atoms with Crippen molar-refractivity contribution in [2.45, 2.75) is 32.7 Å². The van der Waals surface area contributed by atoms with Gasteiger partial charge in [-0.1, -0.05) is 26.8 Å². The molecule has 0 radical (unpaired) electrons. The number of rotatable bonds is 5. The number of aromatic nitrogens is 3. The highest BCUT2D eigenvalue weighted by Crippen LogP contribution is 2.35. The van der Waals surface area contributed by atoms with Gasteiger partial charge in [0.15, 0.2) is 5.82 Å². The van der Waals surface area contributed by atoms with Crippen LogP contribution >= 0.6 is 11.3 Å². The predicted molar refractivity (Wildman–Crippen MR) is 104 cm³/mol. The summed E-state index contributed by atoms with van der Waals surface area (Å²) < 4.78 is 0. The van der Waals surface area contributed by atoms with Crippen LogP contribution in [0.25, 0.3) is 10.2 Å². The lowest BCUT2D eigenvalue weighted by atomic mass is 9.94. The standard InChI is InChI=1S/C18H22N6S/c1-18(2,3)15-8-14-16(20-11-21-17(14)25-15)24-22-10-13-7-5-6-12(23-13)9-19-4/h5-8,10-11,19H,9H2,1-4H3,(H,20,21,24)/b22-10-. The Balaban J connectivity index is 1.81. The lowest BCUT2D eigenvalue weighted by Crippen LogP contribution is -2.08. The molecule has 6 nitrogen and oxygen atoms in total. The molecule has 0 unspecified atom stereocenters. The lowest BCUT2D eigenvalue weighted by Gasteiger charge is -2.14. The van der Waals surface area contributed by atoms with Gasteiger partial charge in [-0.05, 0) is 30.7 Å². The van der Waals surface area contributed by atoms with Crippen molar-refractivity contribution in [1.82, 2.24) is 20.3 Å². The molecule has 0 aliphatic heterocycles. The van der Waals surface area contributed by atoms with Crippen LogP contribution in [0.4, 0.5) is 5.82 Å². The van der Waals surface area contributed by atoms with Crippen molar-refractivity contribution in [1.29, 1.82) is 0 Å². The summed E-state index contributed by atoms with van der Waals surface area (Å²) in [7, 11) is 1.90. The summed E-state index contributed by atoms with van der Waals surface area (Å²) in [4.78, 5) is 15.4. The van der Waals surface area contributed by atoms with Crippen LogP contribution in [0.3, 0.4) is 0 Å². The van der Waals surface area contributed by atoms with Crippen molar-refractivity contribution >= 4 is 33.6 Å². The monoisotopic (exact) mass is 354 g/mol. The second kappa shape index (κ2) is 7.25. The van der Waals surface area contributed by atoms with Crippen LogP contribution < -0.4 is 10.7 Å². The molecule has 3 heterocycles. The van der Waals surface area contributed by atoms with Crippen LogP contribution in [0, 0.1) is 0 Å². The first-order valence-corrected chi connectivity index (χ1v) is 8.93. The van der Waals surface area contributed by atoms with E-state index in [1.54, 1.807) is 23.9 Å². The van der Waals surface area contributed by atoms with E-state index in [1.165, 1.54) is 4.88 Å². The van der Waals surface area contributed by atoms with Gasteiger partial charge in [-0.2, -0.15) is 5.10 Å². The van der Waals surface area contributed by atoms with Gasteiger partial charge in [-0.3, -0.25) is 10.4 Å². The summed E-state index contributed by atoms with van der Waals surface area (Å²) in [6.07, 6.45) is 3.26. The number of nitrogens with zero attached hydrogens (tertiary/aromatic N) is 4. The Morgan fingerprint density at radius 2 is 2.08 bits per heavy atom. The largest absolute Gasteiger partial charge is 0.314 e. The molecule has 0 amide bonds. The van der Waals surface area contributed by atoms with Crippen LogP contribution in [0.5, 0.6) is 0 Å². The molecule has 0 bridgehead atoms. The van der Waals surface area contributed by atoms with Gasteiger partial charge in [0, 0.05) is 11.4 Å². The summed E-state index contributed by atoms with van der Waals surface area (Å²) in [5, 5.41) is 8.37. The van der Waals surface area contributed by atoms with Gasteiger partial charge in [-0.25, -0.2) is 9.97 Å². The molecule has 25 heavy (non-hydrogen) atoms. The summed E-state index contributed by atoms with van der Waals surface area (Å²) in [6, 6.07) is 8.01. The van der Waals surface area contributed by atoms with E-state index in [4.69, 9.17) is 0 Å². The van der Waals surface area contributed by atoms with Crippen LogP contribution in [-0.2, 0) is 12.0 Å². The maximum Gasteiger partial charge on any atom is 0.158 e. The van der Waals surface area contributed by atoms with E-state index in [0.717, 1.165) is 28.1 Å². The minimum Gasteiger partial charge on any atom is -0.314 e. The van der Waals surface area contributed by atoms with Crippen LogP contribution in [0.2, 0.25) is 0 Å². The molecule has 3 rings (SSSR count). The van der Waals surface area contributed by atoms with Crippen molar-refractivity contribution in [3.63, 3.8) is 0 Å². The highest BCUT2D eigenvalue weighted by atomic mass is 32.1. The van der Waals surface area contributed by atoms with Gasteiger partial charge in [0.1, 0.15) is 11.2 Å². The SMILES string of the molecule is CNCc1cccc(/C=N\Nc2ncnc3sc(C(C)(C)C)cc23)n1. The smallest absolute Gasteiger partial charge is 0.158 e. The third kappa shape index (κ3) is 4.18. The summed E-state index contributed by atoms with van der Waals surface area (Å²) in [5.74, 6) is 0.708. The summed E-state index contributed by atoms with van der Waals surface area (Å²) in [6.45, 7) is 7.31. The molecular formula is C18H22N6S. The molecule has 130 valence electrons. The van der Waals surface area contributed by atoms with Gasteiger partial charge >= 0.3 is 0 Å². The van der Waals surface area contributed by atoms with Gasteiger partial charge in [0.05, 0.1) is 23.0 Å². The Hall–Kier alpha value is -2.38. The normalized spacial score (nSPS) is 12.2. The first kappa shape index (κ1) is 17.4. The molecule has 3 aromatic heterocycles. The summed E-state index contributed by atoms with van der Waals surface area (Å²) >= 11 is 1.69. The topological polar surface area (TPSA) is 75.1 Å². The highest BCUT2D eigenvalue weighted by Gasteiger charge is 2.18. The number of hydrogen-bond acceptors (Lipinski definition) is 7. The fourth-order valence-corrected chi connectivity index (χ4v) is 3.38. The van der Waals surface area contributed by atoms with Crippen LogP contribution in [0.15, 0.2) is 35.7 Å². The zero-order chi connectivity index (χ0) is 17.9. The van der Waals surface area contributed by atoms with E-state index in [0.29, 0.717) is 5.82 Å². The van der Waals surface area contributed by atoms with Crippen molar-refractivity contribution in [2.75, 3.05) is 12.5 Å². The molecule has 2 N–H and O–H groups in total. The molecular weight excluding hydrogens is 332 g/mol. The lowest BCUT2D eigenvalue weighted by molar-refractivity contribution is 0.604. The molecule has 0 aliphatic carbocycles. The molecule has 0 fully saturated rings. The Bertz CT molecular complexity index is 894. The maximum absolute atomic E-state index is 4.51. The maximum atomic E-state index is 4.51. The van der Waals surface area contributed by atoms with Gasteiger partial charge < -0.3 is 5.32 Å². The van der Waals surface area contributed by atoms with Gasteiger partial charge in [-0.15, -0.1) is 11.3 Å². The second-order valence-corrected chi connectivity index (χ2v) is 7.79. The van der Waals surface area contributed by atoms with Crippen LogP contribution in [-0.4, -0.2) is 28.2 Å². The predicted octanol–water partition coefficient (Wildman–Crippen LogP) is 3.55. The average Bonchev–Trinajstić information content (AvgIpc) is 3.01. The average molecular weight is 354 g/mol. The number of hydrogen-bond donors (Lipinski definition) is 2. The van der Waals surface area contributed by atoms with Crippen molar-refractivity contribution in [2.24, 2.45) is 5.10 Å². The van der Waals surface area contributed by atoms with E-state index < -0.39 is 0 Å². The minimum absolute atomic E-state index is 0.0869. The van der Waals surface area contributed by atoms with E-state index >= 15 is 0 Å². The fourth-order valence-electron chi connectivity index (χ4n) is 2.32. The second-order valence-electron chi connectivity index (χ2n) is 6.76. The molecule has 0 aromatic carbocycles. The first-order chi connectivity index (χ1) is 12.0. The number of thiophene rings is 1. The van der Waals surface area contributed by atoms with Crippen LogP contribution in [0.1, 0.15) is 37.0 Å². The molecule has 0 saturated heterocycles. The molecule has 7 heteroatoms.